The molecule has 0 bridgehead atoms. The maximum Gasteiger partial charge on any atom is 0.631 e. The summed E-state index contributed by atoms with van der Waals surface area (Å²) >= 11 is 0. The fourth-order valence-electron chi connectivity index (χ4n) is 0.630. The zero-order valence-electron chi connectivity index (χ0n) is 9.68. The molecule has 0 spiro atoms. The molecule has 0 saturated heterocycles. The molecular weight excluding hydrogens is 254 g/mol. The Kier molecular flexibility index (Phi) is 18.3. The standard InChI is InChI=1S/C6H16N2.BH3O3.H3O4P/c1-2-3-4-5-6(7)8;2-1(3)4;1-5(2,3)4/h6H,2-5,7-8H2,1H3;2-4H;(H3,1,2,3,4). The Morgan fingerprint density at radius 1 is 1.12 bits per heavy atom. The Bertz CT molecular complexity index is 178. The van der Waals surface area contributed by atoms with Gasteiger partial charge >= 0.3 is 15.1 Å². The molecule has 106 valence electrons. The van der Waals surface area contributed by atoms with E-state index in [1.807, 2.05) is 0 Å². The van der Waals surface area contributed by atoms with Crippen molar-refractivity contribution < 1.29 is 34.3 Å². The molecule has 0 aromatic rings. The van der Waals surface area contributed by atoms with E-state index in [-0.39, 0.29) is 6.17 Å². The highest BCUT2D eigenvalue weighted by Gasteiger charge is 2.00. The lowest BCUT2D eigenvalue weighted by Gasteiger charge is -2.01. The molecule has 0 aliphatic heterocycles. The zero-order valence-corrected chi connectivity index (χ0v) is 10.6. The van der Waals surface area contributed by atoms with Gasteiger partial charge in [-0.1, -0.05) is 26.2 Å². The SMILES string of the molecule is CCCCCC(N)N.O=P(O)(O)O.OB(O)O. The molecule has 10 N–H and O–H groups in total. The first-order valence-corrected chi connectivity index (χ1v) is 6.40. The summed E-state index contributed by atoms with van der Waals surface area (Å²) in [6.07, 6.45) is 4.54. The van der Waals surface area contributed by atoms with Crippen LogP contribution in [0.4, 0.5) is 0 Å². The second kappa shape index (κ2) is 14.0. The Morgan fingerprint density at radius 3 is 1.59 bits per heavy atom. The van der Waals surface area contributed by atoms with Gasteiger partial charge < -0.3 is 41.2 Å². The van der Waals surface area contributed by atoms with Gasteiger partial charge in [0.1, 0.15) is 0 Å². The molecule has 9 nitrogen and oxygen atoms in total. The monoisotopic (exact) mass is 276 g/mol. The normalized spacial score (nSPS) is 10.0. The molecule has 0 aliphatic rings. The third-order valence-corrected chi connectivity index (χ3v) is 1.14. The summed E-state index contributed by atoms with van der Waals surface area (Å²) in [4.78, 5) is 21.6. The van der Waals surface area contributed by atoms with Crippen molar-refractivity contribution in [3.8, 4) is 0 Å². The van der Waals surface area contributed by atoms with Crippen LogP contribution in [0, 0.1) is 0 Å². The van der Waals surface area contributed by atoms with E-state index < -0.39 is 15.1 Å². The van der Waals surface area contributed by atoms with Crippen LogP contribution in [0.1, 0.15) is 32.6 Å². The van der Waals surface area contributed by atoms with Gasteiger partial charge in [0, 0.05) is 0 Å². The van der Waals surface area contributed by atoms with Crippen LogP contribution in [0.15, 0.2) is 0 Å². The summed E-state index contributed by atoms with van der Waals surface area (Å²) in [6.45, 7) is 2.17. The zero-order chi connectivity index (χ0) is 14.5. The summed E-state index contributed by atoms with van der Waals surface area (Å²) in [5.74, 6) is 0. The van der Waals surface area contributed by atoms with Gasteiger partial charge in [-0.15, -0.1) is 0 Å². The maximum atomic E-state index is 8.88. The molecular formula is C6H22BN2O7P. The Morgan fingerprint density at radius 2 is 1.41 bits per heavy atom. The molecule has 0 unspecified atom stereocenters. The van der Waals surface area contributed by atoms with Gasteiger partial charge in [0.15, 0.2) is 0 Å². The predicted octanol–water partition coefficient (Wildman–Crippen LogP) is -2.17. The highest BCUT2D eigenvalue weighted by atomic mass is 31.2. The van der Waals surface area contributed by atoms with Gasteiger partial charge in [-0.05, 0) is 6.42 Å². The molecule has 0 rings (SSSR count). The second-order valence-electron chi connectivity index (χ2n) is 3.02. The average molecular weight is 276 g/mol. The number of nitrogens with two attached hydrogens (primary N) is 2. The summed E-state index contributed by atoms with van der Waals surface area (Å²) < 4.78 is 8.88. The Balaban J connectivity index is -0.000000188. The van der Waals surface area contributed by atoms with Gasteiger partial charge in [0.05, 0.1) is 6.17 Å². The average Bonchev–Trinajstić information content (AvgIpc) is 1.99. The van der Waals surface area contributed by atoms with Gasteiger partial charge in [0.25, 0.3) is 0 Å². The van der Waals surface area contributed by atoms with Crippen LogP contribution in [0.5, 0.6) is 0 Å². The van der Waals surface area contributed by atoms with Crippen molar-refractivity contribution in [1.29, 1.82) is 0 Å². The molecule has 0 aromatic carbocycles. The summed E-state index contributed by atoms with van der Waals surface area (Å²) in [6, 6.07) is 0. The first-order valence-electron chi connectivity index (χ1n) is 4.84. The van der Waals surface area contributed by atoms with Crippen LogP contribution in [0.2, 0.25) is 0 Å². The van der Waals surface area contributed by atoms with Crippen LogP contribution in [0.3, 0.4) is 0 Å². The molecule has 0 heterocycles. The van der Waals surface area contributed by atoms with Crippen molar-refractivity contribution in [3.05, 3.63) is 0 Å². The number of rotatable bonds is 4. The van der Waals surface area contributed by atoms with Gasteiger partial charge in [-0.25, -0.2) is 4.57 Å². The van der Waals surface area contributed by atoms with Crippen LogP contribution < -0.4 is 11.5 Å². The number of hydrogen-bond donors (Lipinski definition) is 8. The van der Waals surface area contributed by atoms with Crippen molar-refractivity contribution in [1.82, 2.24) is 0 Å². The summed E-state index contributed by atoms with van der Waals surface area (Å²) in [7, 11) is -6.81. The minimum atomic E-state index is -4.64. The lowest BCUT2D eigenvalue weighted by Crippen LogP contribution is -2.29. The number of phosphoric acid groups is 1. The maximum absolute atomic E-state index is 8.88. The van der Waals surface area contributed by atoms with E-state index in [1.54, 1.807) is 0 Å². The van der Waals surface area contributed by atoms with Gasteiger partial charge in [-0.2, -0.15) is 0 Å². The Hall–Kier alpha value is -0.0251. The van der Waals surface area contributed by atoms with E-state index in [9.17, 15) is 0 Å². The quantitative estimate of drug-likeness (QED) is 0.122. The number of unbranched alkanes of at least 4 members (excludes halogenated alkanes) is 2. The van der Waals surface area contributed by atoms with Crippen LogP contribution >= 0.6 is 7.82 Å². The molecule has 17 heavy (non-hydrogen) atoms. The van der Waals surface area contributed by atoms with Gasteiger partial charge in [0.2, 0.25) is 0 Å². The Labute approximate surface area is 100 Å². The highest BCUT2D eigenvalue weighted by molar-refractivity contribution is 7.45. The van der Waals surface area contributed by atoms with E-state index in [2.05, 4.69) is 6.92 Å². The van der Waals surface area contributed by atoms with Crippen molar-refractivity contribution in [2.75, 3.05) is 0 Å². The summed E-state index contributed by atoms with van der Waals surface area (Å²) in [5, 5.41) is 21.5. The first kappa shape index (κ1) is 22.2. The molecule has 0 radical (unpaired) electrons. The van der Waals surface area contributed by atoms with E-state index in [0.717, 1.165) is 6.42 Å². The highest BCUT2D eigenvalue weighted by Crippen LogP contribution is 2.25. The summed E-state index contributed by atoms with van der Waals surface area (Å²) in [5.41, 5.74) is 10.6. The van der Waals surface area contributed by atoms with E-state index in [0.29, 0.717) is 0 Å². The first-order chi connectivity index (χ1) is 7.50. The van der Waals surface area contributed by atoms with E-state index in [1.165, 1.54) is 19.3 Å². The fraction of sp³-hybridized carbons (Fsp3) is 1.00. The van der Waals surface area contributed by atoms with Crippen molar-refractivity contribution >= 4 is 15.1 Å². The lowest BCUT2D eigenvalue weighted by molar-refractivity contribution is 0.274. The molecule has 0 atom stereocenters. The molecule has 0 aromatic heterocycles. The topological polar surface area (TPSA) is 190 Å². The van der Waals surface area contributed by atoms with Crippen molar-refractivity contribution in [2.24, 2.45) is 11.5 Å². The molecule has 0 fully saturated rings. The third-order valence-electron chi connectivity index (χ3n) is 1.14. The van der Waals surface area contributed by atoms with Gasteiger partial charge in [-0.3, -0.25) is 0 Å². The van der Waals surface area contributed by atoms with Crippen molar-refractivity contribution in [2.45, 2.75) is 38.8 Å². The fourth-order valence-corrected chi connectivity index (χ4v) is 0.630. The molecule has 11 heteroatoms. The van der Waals surface area contributed by atoms with Crippen molar-refractivity contribution in [3.63, 3.8) is 0 Å². The lowest BCUT2D eigenvalue weighted by atomic mass is 10.2. The smallest absolute Gasteiger partial charge is 0.402 e. The molecule has 0 amide bonds. The van der Waals surface area contributed by atoms with E-state index in [4.69, 9.17) is 45.8 Å². The predicted molar refractivity (Wildman–Crippen MR) is 63.0 cm³/mol. The third kappa shape index (κ3) is 126. The molecule has 0 aliphatic carbocycles. The number of hydrogen-bond acceptors (Lipinski definition) is 6. The van der Waals surface area contributed by atoms with E-state index >= 15 is 0 Å². The van der Waals surface area contributed by atoms with Crippen LogP contribution in [0.25, 0.3) is 0 Å². The largest absolute Gasteiger partial charge is 0.631 e. The minimum absolute atomic E-state index is 0.0958. The van der Waals surface area contributed by atoms with Crippen LogP contribution in [-0.2, 0) is 4.57 Å². The van der Waals surface area contributed by atoms with Crippen LogP contribution in [-0.4, -0.2) is 43.2 Å². The second-order valence-corrected chi connectivity index (χ2v) is 4.05. The minimum Gasteiger partial charge on any atom is -0.402 e. The molecule has 0 saturated carbocycles.